The van der Waals surface area contributed by atoms with Crippen LogP contribution in [0.3, 0.4) is 0 Å². The summed E-state index contributed by atoms with van der Waals surface area (Å²) in [6, 6.07) is 12.4. The summed E-state index contributed by atoms with van der Waals surface area (Å²) in [6.07, 6.45) is 0. The second-order valence-electron chi connectivity index (χ2n) is 4.62. The van der Waals surface area contributed by atoms with E-state index >= 15 is 0 Å². The van der Waals surface area contributed by atoms with Crippen molar-refractivity contribution in [1.29, 1.82) is 0 Å². The van der Waals surface area contributed by atoms with Gasteiger partial charge in [-0.2, -0.15) is 0 Å². The average molecular weight is 338 g/mol. The Hall–Kier alpha value is -2.11. The molecule has 1 heterocycles. The molecule has 0 radical (unpaired) electrons. The summed E-state index contributed by atoms with van der Waals surface area (Å²) >= 11 is 11.9. The lowest BCUT2D eigenvalue weighted by Gasteiger charge is -2.11. The van der Waals surface area contributed by atoms with Crippen LogP contribution in [-0.2, 0) is 4.74 Å². The second-order valence-corrected chi connectivity index (χ2v) is 5.44. The number of anilines is 2. The van der Waals surface area contributed by atoms with Gasteiger partial charge in [-0.3, -0.25) is 0 Å². The number of nitrogen functional groups attached to an aromatic ring is 1. The molecule has 0 spiro atoms. The maximum Gasteiger partial charge on any atom is 0.246 e. The number of hydrogen-bond donors (Lipinski definition) is 1. The number of ether oxygens (including phenoxy) is 2. The summed E-state index contributed by atoms with van der Waals surface area (Å²) in [6.45, 7) is 0.542. The average Bonchev–Trinajstić information content (AvgIpc) is 2.98. The molecule has 114 valence electrons. The first-order valence-electron chi connectivity index (χ1n) is 6.53. The van der Waals surface area contributed by atoms with Crippen LogP contribution in [0.5, 0.6) is 5.75 Å². The van der Waals surface area contributed by atoms with Crippen molar-refractivity contribution in [3.63, 3.8) is 0 Å². The largest absolute Gasteiger partial charge is 0.484 e. The summed E-state index contributed by atoms with van der Waals surface area (Å²) in [5.74, 6) is 1.19. The molecule has 0 amide bonds. The first-order chi connectivity index (χ1) is 10.6. The Bertz CT molecular complexity index is 704. The minimum absolute atomic E-state index is 0.238. The van der Waals surface area contributed by atoms with E-state index in [1.54, 1.807) is 41.4 Å². The van der Waals surface area contributed by atoms with Crippen molar-refractivity contribution in [2.45, 2.75) is 0 Å². The minimum Gasteiger partial charge on any atom is -0.484 e. The fraction of sp³-hybridized carbons (Fsp3) is 0.133. The number of hydrazone groups is 1. The van der Waals surface area contributed by atoms with Crippen molar-refractivity contribution < 1.29 is 9.47 Å². The SMILES string of the molecule is Nc1ccc(OCC2=NN(c3ccc(Cl)c(Cl)c3)CO2)cc1. The highest BCUT2D eigenvalue weighted by Crippen LogP contribution is 2.28. The smallest absolute Gasteiger partial charge is 0.246 e. The fourth-order valence-electron chi connectivity index (χ4n) is 1.89. The Morgan fingerprint density at radius 3 is 2.64 bits per heavy atom. The standard InChI is InChI=1S/C15H13Cl2N3O2/c16-13-6-3-11(7-14(13)17)20-9-22-15(19-20)8-21-12-4-1-10(18)2-5-12/h1-7H,8-9,18H2. The Morgan fingerprint density at radius 2 is 1.91 bits per heavy atom. The zero-order valence-corrected chi connectivity index (χ0v) is 13.0. The molecule has 0 saturated heterocycles. The summed E-state index contributed by atoms with van der Waals surface area (Å²) in [5.41, 5.74) is 7.11. The van der Waals surface area contributed by atoms with Crippen molar-refractivity contribution in [2.75, 3.05) is 24.1 Å². The van der Waals surface area contributed by atoms with E-state index in [1.807, 2.05) is 6.07 Å². The van der Waals surface area contributed by atoms with Crippen LogP contribution < -0.4 is 15.5 Å². The predicted octanol–water partition coefficient (Wildman–Crippen LogP) is 3.76. The maximum atomic E-state index is 6.00. The van der Waals surface area contributed by atoms with Crippen LogP contribution in [0.25, 0.3) is 0 Å². The van der Waals surface area contributed by atoms with E-state index in [9.17, 15) is 0 Å². The van der Waals surface area contributed by atoms with Gasteiger partial charge in [-0.15, -0.1) is 5.10 Å². The molecule has 5 nitrogen and oxygen atoms in total. The van der Waals surface area contributed by atoms with Crippen LogP contribution in [0.2, 0.25) is 10.0 Å². The number of halogens is 2. The van der Waals surface area contributed by atoms with Gasteiger partial charge >= 0.3 is 0 Å². The van der Waals surface area contributed by atoms with E-state index in [4.69, 9.17) is 38.4 Å². The summed E-state index contributed by atoms with van der Waals surface area (Å²) in [7, 11) is 0. The molecule has 1 aliphatic rings. The maximum absolute atomic E-state index is 6.00. The minimum atomic E-state index is 0.238. The van der Waals surface area contributed by atoms with Crippen LogP contribution >= 0.6 is 23.2 Å². The lowest BCUT2D eigenvalue weighted by Crippen LogP contribution is -2.13. The molecule has 0 unspecified atom stereocenters. The molecule has 0 atom stereocenters. The van der Waals surface area contributed by atoms with Gasteiger partial charge in [0.1, 0.15) is 5.75 Å². The normalized spacial score (nSPS) is 13.7. The van der Waals surface area contributed by atoms with Crippen LogP contribution in [-0.4, -0.2) is 19.2 Å². The molecule has 2 N–H and O–H groups in total. The van der Waals surface area contributed by atoms with Crippen LogP contribution in [0.15, 0.2) is 47.6 Å². The molecule has 0 aliphatic carbocycles. The Morgan fingerprint density at radius 1 is 1.14 bits per heavy atom. The second kappa shape index (κ2) is 6.34. The Balaban J connectivity index is 1.64. The highest BCUT2D eigenvalue weighted by molar-refractivity contribution is 6.42. The molecule has 0 fully saturated rings. The van der Waals surface area contributed by atoms with Gasteiger partial charge in [0.25, 0.3) is 0 Å². The summed E-state index contributed by atoms with van der Waals surface area (Å²) in [4.78, 5) is 0. The third-order valence-corrected chi connectivity index (χ3v) is 3.77. The first-order valence-corrected chi connectivity index (χ1v) is 7.28. The number of benzene rings is 2. The highest BCUT2D eigenvalue weighted by Gasteiger charge is 2.18. The zero-order valence-electron chi connectivity index (χ0n) is 11.5. The number of nitrogens with two attached hydrogens (primary N) is 1. The van der Waals surface area contributed by atoms with Crippen molar-refractivity contribution in [1.82, 2.24) is 0 Å². The molecule has 2 aromatic carbocycles. The molecular formula is C15H13Cl2N3O2. The van der Waals surface area contributed by atoms with Gasteiger partial charge in [-0.1, -0.05) is 23.2 Å². The van der Waals surface area contributed by atoms with Crippen molar-refractivity contribution in [2.24, 2.45) is 5.10 Å². The van der Waals surface area contributed by atoms with Crippen LogP contribution in [0.4, 0.5) is 11.4 Å². The predicted molar refractivity (Wildman–Crippen MR) is 88.7 cm³/mol. The fourth-order valence-corrected chi connectivity index (χ4v) is 2.18. The van der Waals surface area contributed by atoms with E-state index < -0.39 is 0 Å². The third kappa shape index (κ3) is 3.37. The van der Waals surface area contributed by atoms with Gasteiger partial charge < -0.3 is 15.2 Å². The Labute approximate surface area is 137 Å². The molecule has 2 aromatic rings. The first kappa shape index (κ1) is 14.8. The van der Waals surface area contributed by atoms with Gasteiger partial charge in [0.15, 0.2) is 13.3 Å². The Kier molecular flexibility index (Phi) is 4.27. The third-order valence-electron chi connectivity index (χ3n) is 3.03. The highest BCUT2D eigenvalue weighted by atomic mass is 35.5. The molecular weight excluding hydrogens is 325 g/mol. The number of rotatable bonds is 4. The van der Waals surface area contributed by atoms with Crippen molar-refractivity contribution >= 4 is 40.5 Å². The molecule has 22 heavy (non-hydrogen) atoms. The molecule has 0 bridgehead atoms. The molecule has 3 rings (SSSR count). The zero-order chi connectivity index (χ0) is 15.5. The topological polar surface area (TPSA) is 60.1 Å². The lowest BCUT2D eigenvalue weighted by atomic mass is 10.3. The van der Waals surface area contributed by atoms with Gasteiger partial charge in [0.05, 0.1) is 15.7 Å². The monoisotopic (exact) mass is 337 g/mol. The van der Waals surface area contributed by atoms with Crippen LogP contribution in [0, 0.1) is 0 Å². The summed E-state index contributed by atoms with van der Waals surface area (Å²) < 4.78 is 11.1. The number of nitrogens with zero attached hydrogens (tertiary/aromatic N) is 2. The van der Waals surface area contributed by atoms with Gasteiger partial charge in [0.2, 0.25) is 5.90 Å². The van der Waals surface area contributed by atoms with Crippen LogP contribution in [0.1, 0.15) is 0 Å². The molecule has 1 aliphatic heterocycles. The quantitative estimate of drug-likeness (QED) is 0.863. The molecule has 0 saturated carbocycles. The van der Waals surface area contributed by atoms with Crippen molar-refractivity contribution in [3.05, 3.63) is 52.5 Å². The van der Waals surface area contributed by atoms with Gasteiger partial charge in [-0.05, 0) is 42.5 Å². The van der Waals surface area contributed by atoms with E-state index in [0.29, 0.717) is 34.1 Å². The van der Waals surface area contributed by atoms with Gasteiger partial charge in [-0.25, -0.2) is 5.01 Å². The van der Waals surface area contributed by atoms with E-state index in [1.165, 1.54) is 0 Å². The van der Waals surface area contributed by atoms with E-state index in [-0.39, 0.29) is 6.61 Å². The van der Waals surface area contributed by atoms with Gasteiger partial charge in [0, 0.05) is 5.69 Å². The molecule has 7 heteroatoms. The van der Waals surface area contributed by atoms with E-state index in [0.717, 1.165) is 5.69 Å². The lowest BCUT2D eigenvalue weighted by molar-refractivity contribution is 0.288. The van der Waals surface area contributed by atoms with Crippen molar-refractivity contribution in [3.8, 4) is 5.75 Å². The summed E-state index contributed by atoms with van der Waals surface area (Å²) in [5, 5.41) is 7.00. The van der Waals surface area contributed by atoms with E-state index in [2.05, 4.69) is 5.10 Å². The number of hydrogen-bond acceptors (Lipinski definition) is 5. The molecule has 0 aromatic heterocycles.